The molecule has 0 atom stereocenters. The molecule has 2 rings (SSSR count). The Balaban J connectivity index is 2.01. The van der Waals surface area contributed by atoms with Crippen molar-refractivity contribution in [2.45, 2.75) is 51.6 Å². The summed E-state index contributed by atoms with van der Waals surface area (Å²) in [6.07, 6.45) is 6.59. The largest absolute Gasteiger partial charge is 0.296 e. The van der Waals surface area contributed by atoms with Crippen molar-refractivity contribution in [3.63, 3.8) is 0 Å². The van der Waals surface area contributed by atoms with Crippen LogP contribution in [0.3, 0.4) is 0 Å². The van der Waals surface area contributed by atoms with Gasteiger partial charge < -0.3 is 0 Å². The average molecular weight is 235 g/mol. The third kappa shape index (κ3) is 3.29. The normalized spacial score (nSPS) is 17.6. The molecule has 0 N–H and O–H groups in total. The molecule has 1 fully saturated rings. The smallest absolute Gasteiger partial charge is 0.127 e. The van der Waals surface area contributed by atoms with Crippen LogP contribution in [0.4, 0.5) is 4.39 Å². The van der Waals surface area contributed by atoms with Gasteiger partial charge in [0.05, 0.1) is 0 Å². The first-order chi connectivity index (χ1) is 8.31. The molecule has 0 aliphatic heterocycles. The summed E-state index contributed by atoms with van der Waals surface area (Å²) in [5.74, 6) is -0.0678. The van der Waals surface area contributed by atoms with Crippen molar-refractivity contribution in [3.8, 4) is 0 Å². The van der Waals surface area contributed by atoms with Gasteiger partial charge in [0.15, 0.2) is 0 Å². The van der Waals surface area contributed by atoms with Gasteiger partial charge in [0.25, 0.3) is 0 Å². The summed E-state index contributed by atoms with van der Waals surface area (Å²) in [7, 11) is 0. The van der Waals surface area contributed by atoms with E-state index < -0.39 is 0 Å². The Morgan fingerprint density at radius 2 is 1.88 bits per heavy atom. The fraction of sp³-hybridized carbons (Fsp3) is 0.600. The van der Waals surface area contributed by atoms with Crippen LogP contribution in [0, 0.1) is 5.82 Å². The van der Waals surface area contributed by atoms with E-state index in [4.69, 9.17) is 0 Å². The number of hydrogen-bond donors (Lipinski definition) is 0. The van der Waals surface area contributed by atoms with Crippen LogP contribution in [-0.4, -0.2) is 17.5 Å². The Labute approximate surface area is 104 Å². The maximum atomic E-state index is 13.6. The Kier molecular flexibility index (Phi) is 4.55. The van der Waals surface area contributed by atoms with Crippen molar-refractivity contribution in [1.29, 1.82) is 0 Å². The van der Waals surface area contributed by atoms with Crippen LogP contribution in [-0.2, 0) is 6.54 Å². The maximum Gasteiger partial charge on any atom is 0.127 e. The summed E-state index contributed by atoms with van der Waals surface area (Å²) in [5.41, 5.74) is 0.833. The number of benzene rings is 1. The van der Waals surface area contributed by atoms with E-state index in [2.05, 4.69) is 11.8 Å². The first-order valence-corrected chi connectivity index (χ1v) is 6.78. The van der Waals surface area contributed by atoms with E-state index in [0.29, 0.717) is 6.04 Å². The molecule has 0 amide bonds. The highest BCUT2D eigenvalue weighted by Crippen LogP contribution is 2.24. The van der Waals surface area contributed by atoms with Crippen LogP contribution in [0.25, 0.3) is 0 Å². The molecule has 17 heavy (non-hydrogen) atoms. The van der Waals surface area contributed by atoms with Gasteiger partial charge in [-0.1, -0.05) is 44.4 Å². The minimum Gasteiger partial charge on any atom is -0.296 e. The van der Waals surface area contributed by atoms with Crippen molar-refractivity contribution in [1.82, 2.24) is 4.90 Å². The zero-order valence-corrected chi connectivity index (χ0v) is 10.7. The molecule has 0 radical (unpaired) electrons. The minimum atomic E-state index is -0.0678. The topological polar surface area (TPSA) is 3.24 Å². The first-order valence-electron chi connectivity index (χ1n) is 6.78. The van der Waals surface area contributed by atoms with Crippen LogP contribution in [0.5, 0.6) is 0 Å². The van der Waals surface area contributed by atoms with E-state index >= 15 is 0 Å². The average Bonchev–Trinajstić information content (AvgIpc) is 2.39. The predicted octanol–water partition coefficient (Wildman–Crippen LogP) is 3.98. The SMILES string of the molecule is CCN(Cc1ccccc1F)C1CCCCC1. The highest BCUT2D eigenvalue weighted by Gasteiger charge is 2.20. The van der Waals surface area contributed by atoms with Gasteiger partial charge in [0, 0.05) is 18.2 Å². The lowest BCUT2D eigenvalue weighted by Gasteiger charge is -2.33. The zero-order chi connectivity index (χ0) is 12.1. The van der Waals surface area contributed by atoms with Gasteiger partial charge in [-0.3, -0.25) is 4.90 Å². The van der Waals surface area contributed by atoms with Crippen LogP contribution < -0.4 is 0 Å². The van der Waals surface area contributed by atoms with Crippen molar-refractivity contribution >= 4 is 0 Å². The molecule has 1 aliphatic rings. The van der Waals surface area contributed by atoms with E-state index in [9.17, 15) is 4.39 Å². The summed E-state index contributed by atoms with van der Waals surface area (Å²) in [6.45, 7) is 3.95. The summed E-state index contributed by atoms with van der Waals surface area (Å²) < 4.78 is 13.6. The van der Waals surface area contributed by atoms with E-state index in [1.807, 2.05) is 12.1 Å². The summed E-state index contributed by atoms with van der Waals surface area (Å²) in [6, 6.07) is 7.81. The molecule has 0 bridgehead atoms. The molecular weight excluding hydrogens is 213 g/mol. The highest BCUT2D eigenvalue weighted by molar-refractivity contribution is 5.17. The number of rotatable bonds is 4. The molecule has 1 nitrogen and oxygen atoms in total. The monoisotopic (exact) mass is 235 g/mol. The maximum absolute atomic E-state index is 13.6. The van der Waals surface area contributed by atoms with E-state index in [1.165, 1.54) is 32.1 Å². The van der Waals surface area contributed by atoms with Gasteiger partial charge in [-0.2, -0.15) is 0 Å². The zero-order valence-electron chi connectivity index (χ0n) is 10.7. The second-order valence-electron chi connectivity index (χ2n) is 4.95. The standard InChI is InChI=1S/C15H22FN/c1-2-17(14-9-4-3-5-10-14)12-13-8-6-7-11-15(13)16/h6-8,11,14H,2-5,9-10,12H2,1H3. The lowest BCUT2D eigenvalue weighted by atomic mass is 9.94. The van der Waals surface area contributed by atoms with Gasteiger partial charge >= 0.3 is 0 Å². The highest BCUT2D eigenvalue weighted by atomic mass is 19.1. The van der Waals surface area contributed by atoms with Gasteiger partial charge in [0.2, 0.25) is 0 Å². The molecule has 94 valence electrons. The third-order valence-corrected chi connectivity index (χ3v) is 3.83. The summed E-state index contributed by atoms with van der Waals surface area (Å²) >= 11 is 0. The molecule has 0 spiro atoms. The molecule has 0 aromatic heterocycles. The molecule has 1 aromatic carbocycles. The van der Waals surface area contributed by atoms with Crippen molar-refractivity contribution < 1.29 is 4.39 Å². The second-order valence-corrected chi connectivity index (χ2v) is 4.95. The van der Waals surface area contributed by atoms with Crippen molar-refractivity contribution in [2.75, 3.05) is 6.54 Å². The van der Waals surface area contributed by atoms with Gasteiger partial charge in [0.1, 0.15) is 5.82 Å². The molecular formula is C15H22FN. The Morgan fingerprint density at radius 1 is 1.18 bits per heavy atom. The number of hydrogen-bond acceptors (Lipinski definition) is 1. The lowest BCUT2D eigenvalue weighted by Crippen LogP contribution is -2.36. The fourth-order valence-electron chi connectivity index (χ4n) is 2.79. The summed E-state index contributed by atoms with van der Waals surface area (Å²) in [5, 5.41) is 0. The van der Waals surface area contributed by atoms with E-state index in [0.717, 1.165) is 18.7 Å². The van der Waals surface area contributed by atoms with Gasteiger partial charge in [-0.25, -0.2) is 4.39 Å². The van der Waals surface area contributed by atoms with Crippen LogP contribution in [0.1, 0.15) is 44.6 Å². The van der Waals surface area contributed by atoms with Crippen LogP contribution in [0.15, 0.2) is 24.3 Å². The quantitative estimate of drug-likeness (QED) is 0.763. The summed E-state index contributed by atoms with van der Waals surface area (Å²) in [4.78, 5) is 2.43. The van der Waals surface area contributed by atoms with Crippen LogP contribution in [0.2, 0.25) is 0 Å². The lowest BCUT2D eigenvalue weighted by molar-refractivity contribution is 0.154. The van der Waals surface area contributed by atoms with E-state index in [-0.39, 0.29) is 5.82 Å². The third-order valence-electron chi connectivity index (χ3n) is 3.83. The van der Waals surface area contributed by atoms with Gasteiger partial charge in [-0.15, -0.1) is 0 Å². The molecule has 1 aliphatic carbocycles. The Morgan fingerprint density at radius 3 is 2.53 bits per heavy atom. The molecule has 0 saturated heterocycles. The second kappa shape index (κ2) is 6.15. The molecule has 1 aromatic rings. The number of nitrogens with zero attached hydrogens (tertiary/aromatic N) is 1. The molecule has 2 heteroatoms. The minimum absolute atomic E-state index is 0.0678. The van der Waals surface area contributed by atoms with Crippen LogP contribution >= 0.6 is 0 Å². The van der Waals surface area contributed by atoms with E-state index in [1.54, 1.807) is 12.1 Å². The predicted molar refractivity (Wildman–Crippen MR) is 69.4 cm³/mol. The van der Waals surface area contributed by atoms with Gasteiger partial charge in [-0.05, 0) is 25.5 Å². The van der Waals surface area contributed by atoms with Crippen molar-refractivity contribution in [3.05, 3.63) is 35.6 Å². The number of halogens is 1. The molecule has 1 saturated carbocycles. The first kappa shape index (κ1) is 12.6. The Hall–Kier alpha value is -0.890. The molecule has 0 unspecified atom stereocenters. The van der Waals surface area contributed by atoms with Crippen molar-refractivity contribution in [2.24, 2.45) is 0 Å². The molecule has 0 heterocycles. The Bertz CT molecular complexity index is 345. The fourth-order valence-corrected chi connectivity index (χ4v) is 2.79.